The van der Waals surface area contributed by atoms with Crippen LogP contribution in [0.15, 0.2) is 0 Å². The first kappa shape index (κ1) is 14.4. The van der Waals surface area contributed by atoms with Crippen molar-refractivity contribution in [2.45, 2.75) is 32.2 Å². The summed E-state index contributed by atoms with van der Waals surface area (Å²) in [5, 5.41) is 9.14. The maximum Gasteiger partial charge on any atom is 0.249 e. The molecule has 100 valence electrons. The van der Waals surface area contributed by atoms with Crippen LogP contribution in [-0.4, -0.2) is 61.5 Å². The van der Waals surface area contributed by atoms with Crippen molar-refractivity contribution in [3.63, 3.8) is 0 Å². The molecule has 1 aliphatic heterocycles. The molecular weight excluding hydrogens is 222 g/mol. The maximum absolute atomic E-state index is 11.8. The van der Waals surface area contributed by atoms with Crippen LogP contribution < -0.4 is 0 Å². The van der Waals surface area contributed by atoms with E-state index in [0.29, 0.717) is 26.4 Å². The van der Waals surface area contributed by atoms with Gasteiger partial charge in [-0.2, -0.15) is 0 Å². The largest absolute Gasteiger partial charge is 0.394 e. The molecule has 1 atom stereocenters. The average molecular weight is 245 g/mol. The first-order valence-corrected chi connectivity index (χ1v) is 6.35. The number of ether oxygens (including phenoxy) is 2. The zero-order chi connectivity index (χ0) is 12.5. The zero-order valence-corrected chi connectivity index (χ0v) is 10.6. The van der Waals surface area contributed by atoms with Gasteiger partial charge in [0, 0.05) is 13.2 Å². The van der Waals surface area contributed by atoms with Gasteiger partial charge < -0.3 is 19.5 Å². The number of carbonyl (C=O) groups excluding carboxylic acids is 1. The molecule has 1 saturated heterocycles. The second kappa shape index (κ2) is 8.44. The summed E-state index contributed by atoms with van der Waals surface area (Å²) in [6.45, 7) is 4.32. The number of aliphatic hydroxyl groups is 1. The summed E-state index contributed by atoms with van der Waals surface area (Å²) < 4.78 is 10.5. The van der Waals surface area contributed by atoms with Gasteiger partial charge in [-0.1, -0.05) is 19.8 Å². The van der Waals surface area contributed by atoms with E-state index in [4.69, 9.17) is 14.6 Å². The fourth-order valence-corrected chi connectivity index (χ4v) is 1.83. The smallest absolute Gasteiger partial charge is 0.249 e. The van der Waals surface area contributed by atoms with Crippen molar-refractivity contribution >= 4 is 5.91 Å². The molecule has 1 rings (SSSR count). The Morgan fingerprint density at radius 2 is 2.35 bits per heavy atom. The summed E-state index contributed by atoms with van der Waals surface area (Å²) in [5.74, 6) is -0.0520. The number of morpholine rings is 1. The quantitative estimate of drug-likeness (QED) is 0.660. The molecule has 5 nitrogen and oxygen atoms in total. The predicted molar refractivity (Wildman–Crippen MR) is 63.7 cm³/mol. The number of unbranched alkanes of at least 4 members (excludes halogenated alkanes) is 2. The van der Waals surface area contributed by atoms with Crippen molar-refractivity contribution in [3.05, 3.63) is 0 Å². The highest BCUT2D eigenvalue weighted by Crippen LogP contribution is 2.07. The molecule has 1 unspecified atom stereocenters. The Morgan fingerprint density at radius 3 is 3.06 bits per heavy atom. The van der Waals surface area contributed by atoms with Crippen LogP contribution in [0.5, 0.6) is 0 Å². The minimum Gasteiger partial charge on any atom is -0.394 e. The van der Waals surface area contributed by atoms with E-state index in [1.54, 1.807) is 4.90 Å². The lowest BCUT2D eigenvalue weighted by Crippen LogP contribution is -2.51. The minimum absolute atomic E-state index is 0.0520. The highest BCUT2D eigenvalue weighted by molar-refractivity contribution is 5.77. The Hall–Kier alpha value is -0.650. The van der Waals surface area contributed by atoms with E-state index < -0.39 is 0 Å². The number of nitrogens with zero attached hydrogens (tertiary/aromatic N) is 1. The Balaban J connectivity index is 2.20. The minimum atomic E-state index is -0.213. The number of hydrogen-bond donors (Lipinski definition) is 1. The first-order chi connectivity index (χ1) is 8.29. The first-order valence-electron chi connectivity index (χ1n) is 6.35. The van der Waals surface area contributed by atoms with Crippen molar-refractivity contribution in [1.29, 1.82) is 0 Å². The van der Waals surface area contributed by atoms with Crippen LogP contribution in [0.4, 0.5) is 0 Å². The normalized spacial score (nSPS) is 20.6. The third-order valence-electron chi connectivity index (χ3n) is 2.88. The van der Waals surface area contributed by atoms with E-state index in [0.717, 1.165) is 19.3 Å². The number of aliphatic hydroxyl groups excluding tert-OH is 1. The van der Waals surface area contributed by atoms with Gasteiger partial charge in [0.2, 0.25) is 5.91 Å². The van der Waals surface area contributed by atoms with E-state index in [2.05, 4.69) is 6.92 Å². The molecule has 1 amide bonds. The molecule has 1 aliphatic rings. The molecule has 1 fully saturated rings. The number of hydrogen-bond acceptors (Lipinski definition) is 4. The third-order valence-corrected chi connectivity index (χ3v) is 2.88. The molecule has 1 heterocycles. The molecule has 0 aromatic heterocycles. The van der Waals surface area contributed by atoms with Gasteiger partial charge in [0.1, 0.15) is 6.61 Å². The number of carbonyl (C=O) groups is 1. The molecule has 1 N–H and O–H groups in total. The van der Waals surface area contributed by atoms with Crippen LogP contribution in [0, 0.1) is 0 Å². The summed E-state index contributed by atoms with van der Waals surface area (Å²) in [4.78, 5) is 13.5. The Labute approximate surface area is 103 Å². The van der Waals surface area contributed by atoms with Crippen LogP contribution in [-0.2, 0) is 14.3 Å². The fourth-order valence-electron chi connectivity index (χ4n) is 1.83. The summed E-state index contributed by atoms with van der Waals surface area (Å²) in [7, 11) is 0. The fraction of sp³-hybridized carbons (Fsp3) is 0.917. The maximum atomic E-state index is 11.8. The summed E-state index contributed by atoms with van der Waals surface area (Å²) in [6, 6.07) is -0.213. The van der Waals surface area contributed by atoms with Crippen molar-refractivity contribution in [3.8, 4) is 0 Å². The van der Waals surface area contributed by atoms with Crippen molar-refractivity contribution in [2.75, 3.05) is 39.6 Å². The monoisotopic (exact) mass is 245 g/mol. The molecular formula is C12H23NO4. The molecule has 17 heavy (non-hydrogen) atoms. The van der Waals surface area contributed by atoms with Gasteiger partial charge in [-0.15, -0.1) is 0 Å². The van der Waals surface area contributed by atoms with E-state index >= 15 is 0 Å². The molecule has 0 radical (unpaired) electrons. The Kier molecular flexibility index (Phi) is 7.16. The van der Waals surface area contributed by atoms with E-state index in [9.17, 15) is 4.79 Å². The Morgan fingerprint density at radius 1 is 1.53 bits per heavy atom. The van der Waals surface area contributed by atoms with E-state index in [1.807, 2.05) is 0 Å². The summed E-state index contributed by atoms with van der Waals surface area (Å²) in [5.41, 5.74) is 0. The van der Waals surface area contributed by atoms with Crippen LogP contribution >= 0.6 is 0 Å². The molecule has 0 aliphatic carbocycles. The molecule has 0 spiro atoms. The lowest BCUT2D eigenvalue weighted by molar-refractivity contribution is -0.146. The average Bonchev–Trinajstić information content (AvgIpc) is 2.38. The summed E-state index contributed by atoms with van der Waals surface area (Å²) in [6.07, 6.45) is 3.27. The second-order valence-corrected chi connectivity index (χ2v) is 4.26. The second-order valence-electron chi connectivity index (χ2n) is 4.26. The summed E-state index contributed by atoms with van der Waals surface area (Å²) >= 11 is 0. The standard InChI is InChI=1S/C12H23NO4/c1-2-3-4-6-16-10-12(15)13-5-7-17-9-11(13)8-14/h11,14H,2-10H2,1H3. The van der Waals surface area contributed by atoms with Crippen LogP contribution in [0.1, 0.15) is 26.2 Å². The van der Waals surface area contributed by atoms with E-state index in [-0.39, 0.29) is 25.2 Å². The molecule has 5 heteroatoms. The van der Waals surface area contributed by atoms with Crippen LogP contribution in [0.25, 0.3) is 0 Å². The molecule has 0 aromatic carbocycles. The number of amides is 1. The van der Waals surface area contributed by atoms with Crippen molar-refractivity contribution in [2.24, 2.45) is 0 Å². The van der Waals surface area contributed by atoms with Crippen molar-refractivity contribution in [1.82, 2.24) is 4.90 Å². The van der Waals surface area contributed by atoms with Gasteiger partial charge in [-0.25, -0.2) is 0 Å². The van der Waals surface area contributed by atoms with Gasteiger partial charge in [-0.3, -0.25) is 4.79 Å². The molecule has 0 saturated carbocycles. The third kappa shape index (κ3) is 5.02. The van der Waals surface area contributed by atoms with Crippen LogP contribution in [0.3, 0.4) is 0 Å². The van der Waals surface area contributed by atoms with Crippen molar-refractivity contribution < 1.29 is 19.4 Å². The van der Waals surface area contributed by atoms with Gasteiger partial charge in [0.25, 0.3) is 0 Å². The predicted octanol–water partition coefficient (Wildman–Crippen LogP) is 0.413. The molecule has 0 bridgehead atoms. The lowest BCUT2D eigenvalue weighted by atomic mass is 10.2. The van der Waals surface area contributed by atoms with E-state index in [1.165, 1.54) is 0 Å². The topological polar surface area (TPSA) is 59.0 Å². The Bertz CT molecular complexity index is 223. The van der Waals surface area contributed by atoms with Crippen LogP contribution in [0.2, 0.25) is 0 Å². The zero-order valence-electron chi connectivity index (χ0n) is 10.6. The van der Waals surface area contributed by atoms with Gasteiger partial charge in [0.15, 0.2) is 0 Å². The molecule has 0 aromatic rings. The highest BCUT2D eigenvalue weighted by atomic mass is 16.5. The lowest BCUT2D eigenvalue weighted by Gasteiger charge is -2.34. The van der Waals surface area contributed by atoms with Gasteiger partial charge >= 0.3 is 0 Å². The number of rotatable bonds is 7. The SMILES string of the molecule is CCCCCOCC(=O)N1CCOCC1CO. The van der Waals surface area contributed by atoms with Gasteiger partial charge in [-0.05, 0) is 6.42 Å². The van der Waals surface area contributed by atoms with Gasteiger partial charge in [0.05, 0.1) is 25.9 Å². The highest BCUT2D eigenvalue weighted by Gasteiger charge is 2.26.